The minimum absolute atomic E-state index is 0.0966. The molecule has 3 rings (SSSR count). The first-order valence-corrected chi connectivity index (χ1v) is 7.69. The van der Waals surface area contributed by atoms with Gasteiger partial charge in [0.15, 0.2) is 0 Å². The molecule has 5 nitrogen and oxygen atoms in total. The van der Waals surface area contributed by atoms with Gasteiger partial charge in [0.05, 0.1) is 0 Å². The Labute approximate surface area is 135 Å². The molecule has 5 heteroatoms. The number of hydrogen-bond donors (Lipinski definition) is 5. The van der Waals surface area contributed by atoms with Crippen molar-refractivity contribution in [1.29, 1.82) is 10.8 Å². The molecule has 1 aliphatic rings. The summed E-state index contributed by atoms with van der Waals surface area (Å²) in [7, 11) is 0. The van der Waals surface area contributed by atoms with Crippen LogP contribution in [0.1, 0.15) is 47.2 Å². The summed E-state index contributed by atoms with van der Waals surface area (Å²) in [6.45, 7) is 0. The highest BCUT2D eigenvalue weighted by molar-refractivity contribution is 5.95. The number of amidine groups is 2. The van der Waals surface area contributed by atoms with Crippen molar-refractivity contribution >= 4 is 11.7 Å². The smallest absolute Gasteiger partial charge is 0.122 e. The third kappa shape index (κ3) is 3.24. The van der Waals surface area contributed by atoms with Crippen molar-refractivity contribution in [2.45, 2.75) is 24.9 Å². The van der Waals surface area contributed by atoms with E-state index >= 15 is 0 Å². The van der Waals surface area contributed by atoms with Crippen molar-refractivity contribution in [3.63, 3.8) is 0 Å². The summed E-state index contributed by atoms with van der Waals surface area (Å²) in [6.07, 6.45) is 2.14. The minimum atomic E-state index is 0.0966. The number of hydrogen-bond acceptors (Lipinski definition) is 3. The van der Waals surface area contributed by atoms with Gasteiger partial charge >= 0.3 is 0 Å². The van der Waals surface area contributed by atoms with E-state index in [1.807, 2.05) is 48.5 Å². The molecule has 118 valence electrons. The lowest BCUT2D eigenvalue weighted by Crippen LogP contribution is -2.18. The van der Waals surface area contributed by atoms with Crippen LogP contribution in [0, 0.1) is 10.8 Å². The van der Waals surface area contributed by atoms with Gasteiger partial charge in [0.2, 0.25) is 0 Å². The fourth-order valence-corrected chi connectivity index (χ4v) is 3.06. The molecule has 0 spiro atoms. The summed E-state index contributed by atoms with van der Waals surface area (Å²) in [5.41, 5.74) is 14.9. The molecule has 23 heavy (non-hydrogen) atoms. The number of nitrogen functional groups attached to an aromatic ring is 2. The zero-order valence-electron chi connectivity index (χ0n) is 12.8. The second kappa shape index (κ2) is 6.22. The molecule has 1 heterocycles. The highest BCUT2D eigenvalue weighted by Crippen LogP contribution is 2.34. The van der Waals surface area contributed by atoms with Crippen molar-refractivity contribution in [1.82, 2.24) is 5.32 Å². The molecule has 1 aliphatic heterocycles. The van der Waals surface area contributed by atoms with Crippen molar-refractivity contribution in [3.8, 4) is 0 Å². The molecule has 1 saturated heterocycles. The molecular formula is C18H21N5. The van der Waals surface area contributed by atoms with Gasteiger partial charge in [0, 0.05) is 23.2 Å². The molecule has 2 aromatic rings. The lowest BCUT2D eigenvalue weighted by atomic mass is 10.0. The largest absolute Gasteiger partial charge is 0.384 e. The van der Waals surface area contributed by atoms with Gasteiger partial charge in [-0.25, -0.2) is 0 Å². The first-order valence-electron chi connectivity index (χ1n) is 7.69. The molecule has 7 N–H and O–H groups in total. The maximum atomic E-state index is 7.45. The van der Waals surface area contributed by atoms with E-state index in [-0.39, 0.29) is 11.7 Å². The van der Waals surface area contributed by atoms with E-state index < -0.39 is 0 Å². The van der Waals surface area contributed by atoms with E-state index in [0.717, 1.165) is 24.0 Å². The summed E-state index contributed by atoms with van der Waals surface area (Å²) in [6, 6.07) is 16.4. The van der Waals surface area contributed by atoms with Crippen molar-refractivity contribution in [2.75, 3.05) is 0 Å². The first-order chi connectivity index (χ1) is 11.0. The van der Waals surface area contributed by atoms with Gasteiger partial charge in [-0.3, -0.25) is 10.8 Å². The van der Waals surface area contributed by atoms with Gasteiger partial charge in [-0.05, 0) is 24.0 Å². The van der Waals surface area contributed by atoms with Crippen molar-refractivity contribution < 1.29 is 0 Å². The Balaban J connectivity index is 1.70. The van der Waals surface area contributed by atoms with Crippen molar-refractivity contribution in [3.05, 3.63) is 70.8 Å². The maximum Gasteiger partial charge on any atom is 0.122 e. The Hall–Kier alpha value is -2.66. The third-order valence-corrected chi connectivity index (χ3v) is 4.39. The Kier molecular flexibility index (Phi) is 4.12. The van der Waals surface area contributed by atoms with Gasteiger partial charge in [0.1, 0.15) is 11.7 Å². The molecule has 2 aromatic carbocycles. The van der Waals surface area contributed by atoms with Gasteiger partial charge in [-0.15, -0.1) is 0 Å². The average molecular weight is 307 g/mol. The molecule has 0 radical (unpaired) electrons. The first kappa shape index (κ1) is 15.2. The predicted molar refractivity (Wildman–Crippen MR) is 92.8 cm³/mol. The number of nitrogens with one attached hydrogen (secondary N) is 3. The topological polar surface area (TPSA) is 112 Å². The van der Waals surface area contributed by atoms with Crippen LogP contribution in [0.15, 0.2) is 48.5 Å². The molecule has 0 amide bonds. The van der Waals surface area contributed by atoms with Crippen LogP contribution in [-0.4, -0.2) is 11.7 Å². The summed E-state index contributed by atoms with van der Waals surface area (Å²) in [4.78, 5) is 0. The Morgan fingerprint density at radius 3 is 1.39 bits per heavy atom. The third-order valence-electron chi connectivity index (χ3n) is 4.39. The summed E-state index contributed by atoms with van der Waals surface area (Å²) in [5, 5.41) is 18.5. The van der Waals surface area contributed by atoms with Crippen LogP contribution in [0.5, 0.6) is 0 Å². The number of rotatable bonds is 4. The van der Waals surface area contributed by atoms with E-state index in [1.54, 1.807) is 0 Å². The van der Waals surface area contributed by atoms with Gasteiger partial charge < -0.3 is 16.8 Å². The average Bonchev–Trinajstić information content (AvgIpc) is 3.05. The Morgan fingerprint density at radius 2 is 1.09 bits per heavy atom. The van der Waals surface area contributed by atoms with Gasteiger partial charge in [0.25, 0.3) is 0 Å². The van der Waals surface area contributed by atoms with E-state index in [9.17, 15) is 0 Å². The standard InChI is InChI=1S/C18H21N5/c19-17(20)13-5-1-11(2-6-13)15-9-10-16(23-15)12-3-7-14(8-4-12)18(21)22/h1-8,15-16,23H,9-10H2,(H3,19,20)(H3,21,22). The molecule has 0 bridgehead atoms. The molecule has 0 aliphatic carbocycles. The highest BCUT2D eigenvalue weighted by Gasteiger charge is 2.25. The highest BCUT2D eigenvalue weighted by atomic mass is 15.0. The second-order valence-electron chi connectivity index (χ2n) is 5.92. The van der Waals surface area contributed by atoms with E-state index in [0.29, 0.717) is 12.1 Å². The van der Waals surface area contributed by atoms with Gasteiger partial charge in [-0.2, -0.15) is 0 Å². The maximum absolute atomic E-state index is 7.45. The van der Waals surface area contributed by atoms with Crippen molar-refractivity contribution in [2.24, 2.45) is 11.5 Å². The quantitative estimate of drug-likeness (QED) is 0.441. The molecular weight excluding hydrogens is 286 g/mol. The van der Waals surface area contributed by atoms with Crippen LogP contribution in [0.2, 0.25) is 0 Å². The minimum Gasteiger partial charge on any atom is -0.384 e. The van der Waals surface area contributed by atoms with Crippen LogP contribution in [-0.2, 0) is 0 Å². The lowest BCUT2D eigenvalue weighted by Gasteiger charge is -2.16. The Bertz CT molecular complexity index is 655. The van der Waals surface area contributed by atoms with E-state index in [4.69, 9.17) is 22.3 Å². The van der Waals surface area contributed by atoms with Crippen LogP contribution < -0.4 is 16.8 Å². The predicted octanol–water partition coefficient (Wildman–Crippen LogP) is 2.42. The second-order valence-corrected chi connectivity index (χ2v) is 5.92. The SMILES string of the molecule is N=C(N)c1ccc(C2CCC(c3ccc(C(=N)N)cc3)N2)cc1. The molecule has 1 fully saturated rings. The number of benzene rings is 2. The summed E-state index contributed by atoms with van der Waals surface area (Å²) in [5.74, 6) is 0.193. The fourth-order valence-electron chi connectivity index (χ4n) is 3.06. The molecule has 0 saturated carbocycles. The number of nitrogens with two attached hydrogens (primary N) is 2. The zero-order valence-corrected chi connectivity index (χ0v) is 12.8. The summed E-state index contributed by atoms with van der Waals surface area (Å²) < 4.78 is 0. The molecule has 2 atom stereocenters. The Morgan fingerprint density at radius 1 is 0.739 bits per heavy atom. The van der Waals surface area contributed by atoms with Crippen LogP contribution in [0.3, 0.4) is 0 Å². The normalized spacial score (nSPS) is 20.3. The monoisotopic (exact) mass is 307 g/mol. The van der Waals surface area contributed by atoms with E-state index in [2.05, 4.69) is 5.32 Å². The summed E-state index contributed by atoms with van der Waals surface area (Å²) >= 11 is 0. The van der Waals surface area contributed by atoms with Crippen LogP contribution >= 0.6 is 0 Å². The zero-order chi connectivity index (χ0) is 16.4. The van der Waals surface area contributed by atoms with Gasteiger partial charge in [-0.1, -0.05) is 48.5 Å². The van der Waals surface area contributed by atoms with Crippen LogP contribution in [0.4, 0.5) is 0 Å². The molecule has 2 unspecified atom stereocenters. The lowest BCUT2D eigenvalue weighted by molar-refractivity contribution is 0.574. The molecule has 0 aromatic heterocycles. The fraction of sp³-hybridized carbons (Fsp3) is 0.222. The van der Waals surface area contributed by atoms with Crippen LogP contribution in [0.25, 0.3) is 0 Å². The van der Waals surface area contributed by atoms with E-state index in [1.165, 1.54) is 11.1 Å².